The van der Waals surface area contributed by atoms with E-state index < -0.39 is 0 Å². The molecule has 1 N–H and O–H groups in total. The molecule has 2 unspecified atom stereocenters. The van der Waals surface area contributed by atoms with Crippen LogP contribution in [0.25, 0.3) is 0 Å². The van der Waals surface area contributed by atoms with E-state index in [1.54, 1.807) is 0 Å². The van der Waals surface area contributed by atoms with Gasteiger partial charge in [0.2, 0.25) is 5.91 Å². The molecule has 2 nitrogen and oxygen atoms in total. The monoisotopic (exact) mass is 165 g/mol. The molecule has 1 saturated carbocycles. The van der Waals surface area contributed by atoms with Crippen molar-refractivity contribution in [2.75, 3.05) is 6.54 Å². The zero-order valence-electron chi connectivity index (χ0n) is 7.47. The Bertz CT molecular complexity index is 204. The molecule has 0 radical (unpaired) electrons. The molecule has 66 valence electrons. The second-order valence-corrected chi connectivity index (χ2v) is 3.44. The number of amides is 1. The summed E-state index contributed by atoms with van der Waals surface area (Å²) in [5.74, 6) is 3.28. The Hall–Kier alpha value is -0.970. The van der Waals surface area contributed by atoms with Gasteiger partial charge in [0, 0.05) is 5.92 Å². The van der Waals surface area contributed by atoms with Crippen molar-refractivity contribution in [3.63, 3.8) is 0 Å². The Labute approximate surface area is 73.7 Å². The third kappa shape index (κ3) is 2.01. The average Bonchev–Trinajstić information content (AvgIpc) is 2.47. The number of carbonyl (C=O) groups excluding carboxylic acids is 1. The largest absolute Gasteiger partial charge is 0.345 e. The van der Waals surface area contributed by atoms with E-state index in [1.165, 1.54) is 12.8 Å². The van der Waals surface area contributed by atoms with Crippen molar-refractivity contribution >= 4 is 5.91 Å². The molecule has 0 saturated heterocycles. The Morgan fingerprint density at radius 1 is 1.67 bits per heavy atom. The lowest BCUT2D eigenvalue weighted by atomic mass is 9.97. The zero-order valence-corrected chi connectivity index (χ0v) is 7.47. The van der Waals surface area contributed by atoms with Crippen LogP contribution in [0.2, 0.25) is 0 Å². The summed E-state index contributed by atoms with van der Waals surface area (Å²) in [4.78, 5) is 11.4. The van der Waals surface area contributed by atoms with Crippen LogP contribution >= 0.6 is 0 Å². The second kappa shape index (κ2) is 4.15. The minimum absolute atomic E-state index is 0.137. The van der Waals surface area contributed by atoms with Gasteiger partial charge in [-0.1, -0.05) is 19.3 Å². The first-order valence-corrected chi connectivity index (χ1v) is 4.47. The lowest BCUT2D eigenvalue weighted by molar-refractivity contribution is -0.125. The number of rotatable bonds is 2. The molecule has 12 heavy (non-hydrogen) atoms. The van der Waals surface area contributed by atoms with Gasteiger partial charge in [0.25, 0.3) is 0 Å². The van der Waals surface area contributed by atoms with Crippen LogP contribution in [0, 0.1) is 24.2 Å². The molecular weight excluding hydrogens is 150 g/mol. The van der Waals surface area contributed by atoms with Crippen LogP contribution in [0.3, 0.4) is 0 Å². The maximum atomic E-state index is 11.4. The maximum absolute atomic E-state index is 11.4. The van der Waals surface area contributed by atoms with Crippen molar-refractivity contribution in [3.05, 3.63) is 0 Å². The first kappa shape index (κ1) is 9.12. The van der Waals surface area contributed by atoms with Crippen LogP contribution < -0.4 is 5.32 Å². The predicted octanol–water partition coefficient (Wildman–Crippen LogP) is 1.17. The van der Waals surface area contributed by atoms with Gasteiger partial charge in [-0.05, 0) is 18.8 Å². The fourth-order valence-electron chi connectivity index (χ4n) is 1.80. The maximum Gasteiger partial charge on any atom is 0.224 e. The Balaban J connectivity index is 2.37. The summed E-state index contributed by atoms with van der Waals surface area (Å²) in [6.45, 7) is 2.50. The summed E-state index contributed by atoms with van der Waals surface area (Å²) in [5.41, 5.74) is 0. The molecule has 0 aromatic carbocycles. The van der Waals surface area contributed by atoms with E-state index in [0.717, 1.165) is 6.42 Å². The summed E-state index contributed by atoms with van der Waals surface area (Å²) < 4.78 is 0. The lowest BCUT2D eigenvalue weighted by Crippen LogP contribution is -2.32. The molecule has 1 aliphatic carbocycles. The molecule has 0 aromatic rings. The van der Waals surface area contributed by atoms with Gasteiger partial charge in [-0.15, -0.1) is 6.42 Å². The highest BCUT2D eigenvalue weighted by atomic mass is 16.1. The highest BCUT2D eigenvalue weighted by Gasteiger charge is 2.28. The van der Waals surface area contributed by atoms with E-state index in [0.29, 0.717) is 12.5 Å². The van der Waals surface area contributed by atoms with E-state index >= 15 is 0 Å². The van der Waals surface area contributed by atoms with Crippen molar-refractivity contribution in [2.24, 2.45) is 11.8 Å². The second-order valence-electron chi connectivity index (χ2n) is 3.44. The van der Waals surface area contributed by atoms with Gasteiger partial charge in [-0.2, -0.15) is 0 Å². The molecule has 0 aliphatic heterocycles. The van der Waals surface area contributed by atoms with Crippen molar-refractivity contribution in [1.29, 1.82) is 0 Å². The highest BCUT2D eigenvalue weighted by Crippen LogP contribution is 2.30. The number of carbonyl (C=O) groups is 1. The van der Waals surface area contributed by atoms with Gasteiger partial charge >= 0.3 is 0 Å². The van der Waals surface area contributed by atoms with Crippen LogP contribution in [-0.2, 0) is 4.79 Å². The van der Waals surface area contributed by atoms with Crippen molar-refractivity contribution in [3.8, 4) is 12.3 Å². The SMILES string of the molecule is C#CCNC(=O)C1CCCC1C. The first-order chi connectivity index (χ1) is 5.75. The standard InChI is InChI=1S/C10H15NO/c1-3-7-11-10(12)9-6-4-5-8(9)2/h1,8-9H,4-7H2,2H3,(H,11,12). The highest BCUT2D eigenvalue weighted by molar-refractivity contribution is 5.79. The topological polar surface area (TPSA) is 29.1 Å². The molecule has 1 aliphatic rings. The summed E-state index contributed by atoms with van der Waals surface area (Å²) in [5, 5.41) is 2.73. The van der Waals surface area contributed by atoms with Gasteiger partial charge in [-0.3, -0.25) is 4.79 Å². The summed E-state index contributed by atoms with van der Waals surface area (Å²) >= 11 is 0. The van der Waals surface area contributed by atoms with Crippen LogP contribution in [0.4, 0.5) is 0 Å². The zero-order chi connectivity index (χ0) is 8.97. The molecule has 0 bridgehead atoms. The normalized spacial score (nSPS) is 28.0. The van der Waals surface area contributed by atoms with Crippen LogP contribution in [0.15, 0.2) is 0 Å². The molecule has 0 heterocycles. The quantitative estimate of drug-likeness (QED) is 0.611. The van der Waals surface area contributed by atoms with Crippen LogP contribution in [0.1, 0.15) is 26.2 Å². The number of nitrogens with one attached hydrogen (secondary N) is 1. The number of hydrogen-bond donors (Lipinski definition) is 1. The Morgan fingerprint density at radius 3 is 2.92 bits per heavy atom. The first-order valence-electron chi connectivity index (χ1n) is 4.47. The van der Waals surface area contributed by atoms with E-state index in [9.17, 15) is 4.79 Å². The molecule has 2 atom stereocenters. The van der Waals surface area contributed by atoms with Gasteiger partial charge < -0.3 is 5.32 Å². The third-order valence-electron chi connectivity index (χ3n) is 2.56. The predicted molar refractivity (Wildman–Crippen MR) is 48.3 cm³/mol. The van der Waals surface area contributed by atoms with E-state index in [1.807, 2.05) is 0 Å². The Morgan fingerprint density at radius 2 is 2.42 bits per heavy atom. The lowest BCUT2D eigenvalue weighted by Gasteiger charge is -2.13. The molecule has 0 aromatic heterocycles. The van der Waals surface area contributed by atoms with Gasteiger partial charge in [0.15, 0.2) is 0 Å². The number of terminal acetylenes is 1. The molecule has 2 heteroatoms. The van der Waals surface area contributed by atoms with Gasteiger partial charge in [0.1, 0.15) is 0 Å². The van der Waals surface area contributed by atoms with Crippen LogP contribution in [0.5, 0.6) is 0 Å². The minimum Gasteiger partial charge on any atom is -0.345 e. The molecule has 1 rings (SSSR count). The van der Waals surface area contributed by atoms with E-state index in [2.05, 4.69) is 18.2 Å². The average molecular weight is 165 g/mol. The molecule has 0 spiro atoms. The van der Waals surface area contributed by atoms with Gasteiger partial charge in [0.05, 0.1) is 6.54 Å². The Kier molecular flexibility index (Phi) is 3.16. The fraction of sp³-hybridized carbons (Fsp3) is 0.700. The summed E-state index contributed by atoms with van der Waals surface area (Å²) in [7, 11) is 0. The fourth-order valence-corrected chi connectivity index (χ4v) is 1.80. The molecule has 1 fully saturated rings. The van der Waals surface area contributed by atoms with E-state index in [-0.39, 0.29) is 11.8 Å². The third-order valence-corrected chi connectivity index (χ3v) is 2.56. The smallest absolute Gasteiger partial charge is 0.224 e. The molecular formula is C10H15NO. The van der Waals surface area contributed by atoms with Crippen molar-refractivity contribution in [2.45, 2.75) is 26.2 Å². The summed E-state index contributed by atoms with van der Waals surface area (Å²) in [6, 6.07) is 0. The van der Waals surface area contributed by atoms with Gasteiger partial charge in [-0.25, -0.2) is 0 Å². The van der Waals surface area contributed by atoms with Crippen LogP contribution in [-0.4, -0.2) is 12.5 Å². The molecule has 1 amide bonds. The van der Waals surface area contributed by atoms with E-state index in [4.69, 9.17) is 6.42 Å². The summed E-state index contributed by atoms with van der Waals surface area (Å²) in [6.07, 6.45) is 8.42. The number of hydrogen-bond acceptors (Lipinski definition) is 1. The van der Waals surface area contributed by atoms with Crippen molar-refractivity contribution in [1.82, 2.24) is 5.32 Å². The van der Waals surface area contributed by atoms with Crippen molar-refractivity contribution < 1.29 is 4.79 Å². The minimum atomic E-state index is 0.137.